The number of carbonyl (C=O) groups is 2. The van der Waals surface area contributed by atoms with Gasteiger partial charge in [-0.1, -0.05) is 6.07 Å². The van der Waals surface area contributed by atoms with Gasteiger partial charge >= 0.3 is 0 Å². The molecule has 1 aliphatic heterocycles. The summed E-state index contributed by atoms with van der Waals surface area (Å²) in [5.74, 6) is 0.763. The molecular weight excluding hydrogens is 320 g/mol. The number of hydrogen-bond donors (Lipinski definition) is 3. The highest BCUT2D eigenvalue weighted by molar-refractivity contribution is 7.99. The maximum Gasteiger partial charge on any atom is 0.240 e. The van der Waals surface area contributed by atoms with Gasteiger partial charge in [-0.25, -0.2) is 0 Å². The van der Waals surface area contributed by atoms with Crippen LogP contribution in [0.2, 0.25) is 0 Å². The minimum absolute atomic E-state index is 0.0441. The topological polar surface area (TPSA) is 97.1 Å². The summed E-state index contributed by atoms with van der Waals surface area (Å²) in [6, 6.07) is 2.91. The molecule has 1 fully saturated rings. The number of nitrogens with one attached hydrogen (secondary N) is 2. The van der Waals surface area contributed by atoms with Crippen molar-refractivity contribution in [3.8, 4) is 0 Å². The van der Waals surface area contributed by atoms with Crippen molar-refractivity contribution < 1.29 is 9.59 Å². The summed E-state index contributed by atoms with van der Waals surface area (Å²) in [5, 5.41) is 6.05. The average Bonchev–Trinajstić information content (AvgIpc) is 3.02. The molecule has 1 aliphatic rings. The molecule has 4 N–H and O–H groups in total. The van der Waals surface area contributed by atoms with Crippen molar-refractivity contribution in [2.24, 2.45) is 5.73 Å². The second-order valence-electron chi connectivity index (χ2n) is 4.96. The summed E-state index contributed by atoms with van der Waals surface area (Å²) < 4.78 is 0. The predicted molar refractivity (Wildman–Crippen MR) is 90.5 cm³/mol. The molecule has 1 aromatic rings. The molecule has 2 rings (SSSR count). The van der Waals surface area contributed by atoms with Gasteiger partial charge in [0.15, 0.2) is 0 Å². The van der Waals surface area contributed by atoms with Gasteiger partial charge in [-0.05, 0) is 30.1 Å². The van der Waals surface area contributed by atoms with E-state index in [-0.39, 0.29) is 17.3 Å². The fraction of sp³-hybridized carbons (Fsp3) is 0.500. The van der Waals surface area contributed by atoms with E-state index in [1.54, 1.807) is 35.9 Å². The highest BCUT2D eigenvalue weighted by atomic mass is 32.2. The number of hydrogen-bond acceptors (Lipinski definition) is 6. The average molecular weight is 340 g/mol. The number of amides is 2. The van der Waals surface area contributed by atoms with Crippen molar-refractivity contribution >= 4 is 35.3 Å². The first-order chi connectivity index (χ1) is 10.6. The van der Waals surface area contributed by atoms with E-state index in [0.29, 0.717) is 12.2 Å². The number of nitrogens with zero attached hydrogens (tertiary/aromatic N) is 1. The van der Waals surface area contributed by atoms with E-state index in [0.717, 1.165) is 11.3 Å². The van der Waals surface area contributed by atoms with Crippen molar-refractivity contribution in [3.05, 3.63) is 30.1 Å². The lowest BCUT2D eigenvalue weighted by Crippen LogP contribution is -2.51. The van der Waals surface area contributed by atoms with Crippen LogP contribution in [0.5, 0.6) is 0 Å². The minimum atomic E-state index is -0.607. The molecule has 0 saturated carbocycles. The molecule has 2 heterocycles. The van der Waals surface area contributed by atoms with Crippen LogP contribution in [0.3, 0.4) is 0 Å². The Bertz CT molecular complexity index is 515. The summed E-state index contributed by atoms with van der Waals surface area (Å²) in [7, 11) is 0. The summed E-state index contributed by atoms with van der Waals surface area (Å²) in [4.78, 5) is 27.8. The Hall–Kier alpha value is -1.25. The lowest BCUT2D eigenvalue weighted by atomic mass is 10.2. The fourth-order valence-electron chi connectivity index (χ4n) is 2.14. The number of aromatic nitrogens is 1. The molecule has 0 bridgehead atoms. The highest BCUT2D eigenvalue weighted by Crippen LogP contribution is 2.32. The lowest BCUT2D eigenvalue weighted by Gasteiger charge is -2.18. The lowest BCUT2D eigenvalue weighted by molar-refractivity contribution is -0.128. The van der Waals surface area contributed by atoms with Gasteiger partial charge in [0, 0.05) is 18.1 Å². The molecule has 1 saturated heterocycles. The van der Waals surface area contributed by atoms with Crippen molar-refractivity contribution in [1.29, 1.82) is 0 Å². The Labute approximate surface area is 138 Å². The molecule has 2 amide bonds. The molecule has 0 radical (unpaired) electrons. The number of pyridine rings is 1. The van der Waals surface area contributed by atoms with Crippen LogP contribution >= 0.6 is 23.5 Å². The fourth-order valence-corrected chi connectivity index (χ4v) is 3.84. The van der Waals surface area contributed by atoms with E-state index < -0.39 is 11.9 Å². The monoisotopic (exact) mass is 340 g/mol. The van der Waals surface area contributed by atoms with Crippen LogP contribution in [0, 0.1) is 0 Å². The zero-order valence-electron chi connectivity index (χ0n) is 12.3. The summed E-state index contributed by atoms with van der Waals surface area (Å²) in [6.07, 6.45) is 6.01. The van der Waals surface area contributed by atoms with Crippen molar-refractivity contribution in [2.75, 3.05) is 17.8 Å². The molecular formula is C14H20N4O2S2. The first-order valence-corrected chi connectivity index (χ1v) is 9.42. The van der Waals surface area contributed by atoms with E-state index in [1.807, 2.05) is 18.4 Å². The molecule has 0 aliphatic carbocycles. The van der Waals surface area contributed by atoms with Gasteiger partial charge in [-0.15, -0.1) is 11.8 Å². The molecule has 0 aromatic carbocycles. The number of carbonyl (C=O) groups excluding carboxylic acids is 2. The van der Waals surface area contributed by atoms with Gasteiger partial charge in [-0.3, -0.25) is 19.9 Å². The van der Waals surface area contributed by atoms with Gasteiger partial charge < -0.3 is 11.1 Å². The molecule has 0 spiro atoms. The summed E-state index contributed by atoms with van der Waals surface area (Å²) in [6.45, 7) is 0. The number of primary amides is 1. The van der Waals surface area contributed by atoms with E-state index >= 15 is 0 Å². The van der Waals surface area contributed by atoms with Gasteiger partial charge in [0.2, 0.25) is 11.8 Å². The number of thioether (sulfide) groups is 2. The van der Waals surface area contributed by atoms with E-state index in [4.69, 9.17) is 5.73 Å². The van der Waals surface area contributed by atoms with Crippen LogP contribution in [0.1, 0.15) is 17.4 Å². The van der Waals surface area contributed by atoms with Crippen LogP contribution < -0.4 is 16.4 Å². The maximum absolute atomic E-state index is 12.3. The molecule has 120 valence electrons. The molecule has 8 heteroatoms. The van der Waals surface area contributed by atoms with E-state index in [9.17, 15) is 9.59 Å². The second kappa shape index (κ2) is 8.40. The highest BCUT2D eigenvalue weighted by Gasteiger charge is 2.32. The van der Waals surface area contributed by atoms with Crippen molar-refractivity contribution in [3.63, 3.8) is 0 Å². The predicted octanol–water partition coefficient (Wildman–Crippen LogP) is 0.508. The quantitative estimate of drug-likeness (QED) is 0.669. The number of rotatable bonds is 7. The summed E-state index contributed by atoms with van der Waals surface area (Å²) in [5.41, 5.74) is 6.38. The maximum atomic E-state index is 12.3. The van der Waals surface area contributed by atoms with Crippen molar-refractivity contribution in [2.45, 2.75) is 23.9 Å². The Morgan fingerprint density at radius 2 is 2.45 bits per heavy atom. The van der Waals surface area contributed by atoms with E-state index in [1.165, 1.54) is 0 Å². The molecule has 22 heavy (non-hydrogen) atoms. The zero-order valence-corrected chi connectivity index (χ0v) is 14.0. The van der Waals surface area contributed by atoms with Crippen LogP contribution in [0.4, 0.5) is 0 Å². The van der Waals surface area contributed by atoms with Gasteiger partial charge in [0.1, 0.15) is 6.04 Å². The molecule has 6 nitrogen and oxygen atoms in total. The van der Waals surface area contributed by atoms with Crippen LogP contribution in [0.25, 0.3) is 0 Å². The third-order valence-electron chi connectivity index (χ3n) is 3.36. The largest absolute Gasteiger partial charge is 0.368 e. The molecule has 3 atom stereocenters. The van der Waals surface area contributed by atoms with Crippen LogP contribution in [-0.4, -0.2) is 46.6 Å². The Balaban J connectivity index is 1.89. The first-order valence-electron chi connectivity index (χ1n) is 6.98. The Morgan fingerprint density at radius 1 is 1.64 bits per heavy atom. The van der Waals surface area contributed by atoms with Crippen molar-refractivity contribution in [1.82, 2.24) is 15.6 Å². The van der Waals surface area contributed by atoms with Gasteiger partial charge in [-0.2, -0.15) is 11.8 Å². The van der Waals surface area contributed by atoms with Crippen LogP contribution in [0.15, 0.2) is 24.5 Å². The molecule has 1 aromatic heterocycles. The van der Waals surface area contributed by atoms with Crippen LogP contribution in [-0.2, 0) is 9.59 Å². The Morgan fingerprint density at radius 3 is 3.09 bits per heavy atom. The standard InChI is InChI=1S/C14H20N4O2S2/c1-21-6-4-10(12(15)19)17-13(20)11-8-22-14(18-11)9-3-2-5-16-7-9/h2-3,5,7,10-11,14,18H,4,6,8H2,1H3,(H2,15,19)(H,17,20). The third kappa shape index (κ3) is 4.62. The summed E-state index contributed by atoms with van der Waals surface area (Å²) >= 11 is 3.27. The third-order valence-corrected chi connectivity index (χ3v) is 5.27. The van der Waals surface area contributed by atoms with E-state index in [2.05, 4.69) is 15.6 Å². The zero-order chi connectivity index (χ0) is 15.9. The van der Waals surface area contributed by atoms with Gasteiger partial charge in [0.05, 0.1) is 11.4 Å². The normalized spacial score (nSPS) is 22.2. The first kappa shape index (κ1) is 17.1. The second-order valence-corrected chi connectivity index (χ2v) is 7.09. The Kier molecular flexibility index (Phi) is 6.53. The smallest absolute Gasteiger partial charge is 0.240 e. The minimum Gasteiger partial charge on any atom is -0.368 e. The number of nitrogens with two attached hydrogens (primary N) is 1. The molecule has 3 unspecified atom stereocenters. The SMILES string of the molecule is CSCCC(NC(=O)C1CSC(c2cccnc2)N1)C(N)=O. The van der Waals surface area contributed by atoms with Gasteiger partial charge in [0.25, 0.3) is 0 Å².